The van der Waals surface area contributed by atoms with E-state index in [1.807, 2.05) is 59.7 Å². The molecule has 0 saturated carbocycles. The molecule has 2 heterocycles. The number of aromatic amines is 1. The van der Waals surface area contributed by atoms with Crippen molar-refractivity contribution in [1.29, 1.82) is 0 Å². The van der Waals surface area contributed by atoms with Gasteiger partial charge in [-0.1, -0.05) is 36.2 Å². The molecule has 0 radical (unpaired) electrons. The lowest BCUT2D eigenvalue weighted by Crippen LogP contribution is -2.39. The van der Waals surface area contributed by atoms with Crippen molar-refractivity contribution in [3.8, 4) is 5.75 Å². The van der Waals surface area contributed by atoms with Gasteiger partial charge >= 0.3 is 5.97 Å². The van der Waals surface area contributed by atoms with E-state index in [-0.39, 0.29) is 25.5 Å². The number of esters is 1. The van der Waals surface area contributed by atoms with E-state index < -0.39 is 17.5 Å². The summed E-state index contributed by atoms with van der Waals surface area (Å²) < 4.78 is 13.1. The minimum Gasteiger partial charge on any atom is -0.480 e. The lowest BCUT2D eigenvalue weighted by molar-refractivity contribution is -0.145. The zero-order valence-electron chi connectivity index (χ0n) is 20.5. The molecule has 184 valence electrons. The van der Waals surface area contributed by atoms with E-state index in [2.05, 4.69) is 20.6 Å². The predicted molar refractivity (Wildman–Crippen MR) is 129 cm³/mol. The molecule has 10 heteroatoms. The largest absolute Gasteiger partial charge is 0.480 e. The Balaban J connectivity index is 1.48. The first-order valence-electron chi connectivity index (χ1n) is 11.3. The van der Waals surface area contributed by atoms with Gasteiger partial charge in [0.2, 0.25) is 0 Å². The molecule has 3 rings (SSSR count). The Bertz CT molecular complexity index is 1180. The Hall–Kier alpha value is -3.07. The molecule has 2 N–H and O–H groups in total. The maximum absolute atomic E-state index is 12.5. The molecule has 0 aliphatic heterocycles. The molecule has 1 aromatic carbocycles. The number of aromatic nitrogens is 4. The number of H-pyrrole nitrogens is 1. The minimum atomic E-state index is -0.636. The summed E-state index contributed by atoms with van der Waals surface area (Å²) in [5.41, 5.74) is 2.81. The normalized spacial score (nSPS) is 12.6. The van der Waals surface area contributed by atoms with Gasteiger partial charge in [0.25, 0.3) is 5.91 Å². The van der Waals surface area contributed by atoms with E-state index in [9.17, 15) is 9.59 Å². The first kappa shape index (κ1) is 25.6. The number of nitrogens with zero attached hydrogens (tertiary/aromatic N) is 3. The average molecular weight is 490 g/mol. The summed E-state index contributed by atoms with van der Waals surface area (Å²) in [6, 6.07) is 5.82. The number of nitrogens with one attached hydrogen (secondary N) is 2. The molecule has 0 bridgehead atoms. The Morgan fingerprint density at radius 1 is 1.24 bits per heavy atom. The van der Waals surface area contributed by atoms with Crippen LogP contribution < -0.4 is 10.1 Å². The Labute approximate surface area is 204 Å². The van der Waals surface area contributed by atoms with E-state index in [1.165, 1.54) is 0 Å². The number of rotatable bonds is 10. The van der Waals surface area contributed by atoms with Crippen molar-refractivity contribution >= 4 is 29.1 Å². The number of ether oxygens (including phenoxy) is 2. The molecule has 1 unspecified atom stereocenters. The van der Waals surface area contributed by atoms with Crippen LogP contribution in [0.15, 0.2) is 18.2 Å². The molecular weight excluding hydrogens is 458 g/mol. The number of carbonyl (C=O) groups excluding carboxylic acids is 2. The van der Waals surface area contributed by atoms with Gasteiger partial charge < -0.3 is 14.8 Å². The van der Waals surface area contributed by atoms with Crippen LogP contribution in [-0.2, 0) is 19.7 Å². The maximum atomic E-state index is 12.5. The van der Waals surface area contributed by atoms with Gasteiger partial charge in [-0.15, -0.1) is 10.2 Å². The molecular formula is C24H32ClN5O4. The third kappa shape index (κ3) is 5.70. The first-order chi connectivity index (χ1) is 16.0. The molecule has 0 aliphatic carbocycles. The molecule has 34 heavy (non-hydrogen) atoms. The highest BCUT2D eigenvalue weighted by Crippen LogP contribution is 2.27. The highest BCUT2D eigenvalue weighted by Gasteiger charge is 2.30. The summed E-state index contributed by atoms with van der Waals surface area (Å²) in [5, 5.41) is 14.7. The van der Waals surface area contributed by atoms with E-state index in [0.717, 1.165) is 16.8 Å². The summed E-state index contributed by atoms with van der Waals surface area (Å²) in [6.45, 7) is 11.7. The number of halogens is 1. The Morgan fingerprint density at radius 2 is 1.97 bits per heavy atom. The van der Waals surface area contributed by atoms with Crippen molar-refractivity contribution in [3.05, 3.63) is 45.9 Å². The van der Waals surface area contributed by atoms with Gasteiger partial charge in [-0.3, -0.25) is 14.7 Å². The van der Waals surface area contributed by atoms with Crippen molar-refractivity contribution in [3.63, 3.8) is 0 Å². The standard InChI is InChI=1S/C24H32ClN5O4/c1-7-17(34-18-9-8-14(2)12-15(18)3)22(32)26-11-10-19(31)33-13-24(5,6)23-28-27-21-20(25)16(4)29-30(21)23/h8-9,12,17,29H,7,10-11,13H2,1-6H3,(H,26,32). The quantitative estimate of drug-likeness (QED) is 0.419. The second-order valence-corrected chi connectivity index (χ2v) is 9.48. The fourth-order valence-electron chi connectivity index (χ4n) is 3.56. The van der Waals surface area contributed by atoms with Gasteiger partial charge in [-0.2, -0.15) is 0 Å². The lowest BCUT2D eigenvalue weighted by Gasteiger charge is -2.22. The predicted octanol–water partition coefficient (Wildman–Crippen LogP) is 3.82. The third-order valence-electron chi connectivity index (χ3n) is 5.56. The summed E-state index contributed by atoms with van der Waals surface area (Å²) >= 11 is 6.22. The van der Waals surface area contributed by atoms with Gasteiger partial charge in [0.1, 0.15) is 17.4 Å². The Morgan fingerprint density at radius 3 is 2.65 bits per heavy atom. The van der Waals surface area contributed by atoms with E-state index in [0.29, 0.717) is 28.7 Å². The van der Waals surface area contributed by atoms with E-state index >= 15 is 0 Å². The molecule has 0 saturated heterocycles. The molecule has 0 aliphatic rings. The second-order valence-electron chi connectivity index (χ2n) is 9.10. The molecule has 3 aromatic rings. The smallest absolute Gasteiger partial charge is 0.307 e. The molecule has 1 atom stereocenters. The first-order valence-corrected chi connectivity index (χ1v) is 11.7. The van der Waals surface area contributed by atoms with Crippen LogP contribution in [0.25, 0.3) is 5.65 Å². The van der Waals surface area contributed by atoms with Crippen LogP contribution in [-0.4, -0.2) is 50.9 Å². The zero-order valence-corrected chi connectivity index (χ0v) is 21.2. The van der Waals surface area contributed by atoms with Crippen molar-refractivity contribution in [2.45, 2.75) is 65.9 Å². The molecule has 9 nitrogen and oxygen atoms in total. The number of fused-ring (bicyclic) bond motifs is 1. The summed E-state index contributed by atoms with van der Waals surface area (Å²) in [6.07, 6.45) is -0.0834. The SMILES string of the molecule is CCC(Oc1ccc(C)cc1C)C(=O)NCCC(=O)OCC(C)(C)c1nnc2c(Cl)c(C)[nH]n12. The summed E-state index contributed by atoms with van der Waals surface area (Å²) in [5.74, 6) is 0.599. The second kappa shape index (κ2) is 10.5. The number of aryl methyl sites for hydroxylation is 3. The van der Waals surface area contributed by atoms with Crippen LogP contribution in [0.2, 0.25) is 5.02 Å². The third-order valence-corrected chi connectivity index (χ3v) is 6.01. The summed E-state index contributed by atoms with van der Waals surface area (Å²) in [4.78, 5) is 24.8. The van der Waals surface area contributed by atoms with Crippen molar-refractivity contribution < 1.29 is 19.1 Å². The van der Waals surface area contributed by atoms with Crippen LogP contribution in [0.5, 0.6) is 5.75 Å². The molecule has 2 aromatic heterocycles. The Kier molecular flexibility index (Phi) is 7.86. The maximum Gasteiger partial charge on any atom is 0.307 e. The topological polar surface area (TPSA) is 111 Å². The van der Waals surface area contributed by atoms with Crippen LogP contribution in [0.3, 0.4) is 0 Å². The number of benzene rings is 1. The number of hydrogen-bond acceptors (Lipinski definition) is 6. The van der Waals surface area contributed by atoms with Gasteiger partial charge in [0, 0.05) is 6.54 Å². The number of carbonyl (C=O) groups is 2. The zero-order chi connectivity index (χ0) is 25.0. The molecule has 0 fully saturated rings. The highest BCUT2D eigenvalue weighted by atomic mass is 35.5. The van der Waals surface area contributed by atoms with Gasteiger partial charge in [-0.25, -0.2) is 4.52 Å². The van der Waals surface area contributed by atoms with E-state index in [4.69, 9.17) is 21.1 Å². The fraction of sp³-hybridized carbons (Fsp3) is 0.500. The van der Waals surface area contributed by atoms with Crippen molar-refractivity contribution in [2.24, 2.45) is 0 Å². The monoisotopic (exact) mass is 489 g/mol. The van der Waals surface area contributed by atoms with Crippen molar-refractivity contribution in [1.82, 2.24) is 25.1 Å². The van der Waals surface area contributed by atoms with Crippen LogP contribution >= 0.6 is 11.6 Å². The minimum absolute atomic E-state index is 0.0461. The van der Waals surface area contributed by atoms with Crippen molar-refractivity contribution in [2.75, 3.05) is 13.2 Å². The van der Waals surface area contributed by atoms with Gasteiger partial charge in [0.15, 0.2) is 17.6 Å². The molecule has 1 amide bonds. The van der Waals surface area contributed by atoms with Gasteiger partial charge in [-0.05, 0) is 52.7 Å². The average Bonchev–Trinajstić information content (AvgIpc) is 3.32. The summed E-state index contributed by atoms with van der Waals surface area (Å²) in [7, 11) is 0. The molecule has 0 spiro atoms. The van der Waals surface area contributed by atoms with E-state index in [1.54, 1.807) is 4.52 Å². The van der Waals surface area contributed by atoms with Gasteiger partial charge in [0.05, 0.1) is 17.5 Å². The van der Waals surface area contributed by atoms with Crippen LogP contribution in [0, 0.1) is 20.8 Å². The highest BCUT2D eigenvalue weighted by molar-refractivity contribution is 6.34. The number of amides is 1. The number of hydrogen-bond donors (Lipinski definition) is 2. The van der Waals surface area contributed by atoms with Crippen LogP contribution in [0.1, 0.15) is 56.3 Å². The lowest BCUT2D eigenvalue weighted by atomic mass is 9.94. The fourth-order valence-corrected chi connectivity index (χ4v) is 3.73. The van der Waals surface area contributed by atoms with Crippen LogP contribution in [0.4, 0.5) is 0 Å².